The first-order valence-electron chi connectivity index (χ1n) is 7.54. The van der Waals surface area contributed by atoms with Gasteiger partial charge in [-0.3, -0.25) is 0 Å². The zero-order valence-electron chi connectivity index (χ0n) is 13.2. The molecule has 0 bridgehead atoms. The van der Waals surface area contributed by atoms with Crippen LogP contribution in [0.3, 0.4) is 0 Å². The highest BCUT2D eigenvalue weighted by molar-refractivity contribution is 6.03. The van der Waals surface area contributed by atoms with Gasteiger partial charge in [-0.25, -0.2) is 5.43 Å². The lowest BCUT2D eigenvalue weighted by molar-refractivity contribution is 0.450. The molecule has 0 spiro atoms. The van der Waals surface area contributed by atoms with Gasteiger partial charge in [0, 0.05) is 22.5 Å². The largest absolute Gasteiger partial charge is 0.508 e. The number of fused-ring (bicyclic) bond motifs is 3. The van der Waals surface area contributed by atoms with Crippen molar-refractivity contribution in [1.82, 2.24) is 20.2 Å². The van der Waals surface area contributed by atoms with Gasteiger partial charge in [0.25, 0.3) is 5.95 Å². The maximum Gasteiger partial charge on any atom is 0.265 e. The molecule has 4 rings (SSSR count). The van der Waals surface area contributed by atoms with Gasteiger partial charge in [-0.2, -0.15) is 10.1 Å². The van der Waals surface area contributed by atoms with E-state index < -0.39 is 0 Å². The molecule has 124 valence electrons. The molecular weight excluding hydrogens is 320 g/mol. The van der Waals surface area contributed by atoms with Crippen molar-refractivity contribution >= 4 is 34.2 Å². The lowest BCUT2D eigenvalue weighted by Crippen LogP contribution is -1.99. The summed E-state index contributed by atoms with van der Waals surface area (Å²) in [5.41, 5.74) is 6.51. The van der Waals surface area contributed by atoms with E-state index in [1.54, 1.807) is 0 Å². The number of H-pyrrole nitrogens is 1. The van der Waals surface area contributed by atoms with E-state index in [4.69, 9.17) is 0 Å². The Morgan fingerprint density at radius 3 is 2.84 bits per heavy atom. The number of nitrogens with one attached hydrogen (secondary N) is 2. The van der Waals surface area contributed by atoms with Gasteiger partial charge in [-0.05, 0) is 31.2 Å². The number of phenolic OH excluding ortho intramolecular Hbond substituents is 2. The highest BCUT2D eigenvalue weighted by Gasteiger charge is 2.09. The maximum atomic E-state index is 9.71. The van der Waals surface area contributed by atoms with E-state index in [0.717, 1.165) is 16.5 Å². The molecule has 8 heteroatoms. The minimum atomic E-state index is -0.0777. The predicted molar refractivity (Wildman–Crippen MR) is 94.9 cm³/mol. The quantitative estimate of drug-likeness (QED) is 0.338. The second-order valence-electron chi connectivity index (χ2n) is 5.62. The van der Waals surface area contributed by atoms with Crippen molar-refractivity contribution in [3.8, 4) is 11.5 Å². The highest BCUT2D eigenvalue weighted by atomic mass is 16.3. The number of hydrazone groups is 1. The Balaban J connectivity index is 1.61. The summed E-state index contributed by atoms with van der Waals surface area (Å²) in [4.78, 5) is 7.55. The molecule has 2 aromatic heterocycles. The van der Waals surface area contributed by atoms with Crippen LogP contribution in [0, 0.1) is 6.92 Å². The molecule has 2 heterocycles. The van der Waals surface area contributed by atoms with Crippen molar-refractivity contribution in [2.24, 2.45) is 5.10 Å². The van der Waals surface area contributed by atoms with E-state index in [2.05, 4.69) is 30.7 Å². The smallest absolute Gasteiger partial charge is 0.265 e. The fourth-order valence-electron chi connectivity index (χ4n) is 2.53. The number of aryl methyl sites for hydroxylation is 1. The van der Waals surface area contributed by atoms with Crippen LogP contribution >= 0.6 is 0 Å². The molecule has 0 amide bonds. The van der Waals surface area contributed by atoms with Crippen molar-refractivity contribution in [3.05, 3.63) is 47.5 Å². The van der Waals surface area contributed by atoms with Crippen molar-refractivity contribution in [3.63, 3.8) is 0 Å². The summed E-state index contributed by atoms with van der Waals surface area (Å²) in [6.45, 7) is 2.02. The Labute approximate surface area is 141 Å². The molecular formula is C17H14N6O2. The third-order valence-electron chi connectivity index (χ3n) is 3.75. The van der Waals surface area contributed by atoms with Crippen LogP contribution < -0.4 is 5.43 Å². The molecule has 0 aliphatic carbocycles. The number of phenols is 2. The van der Waals surface area contributed by atoms with E-state index in [-0.39, 0.29) is 17.4 Å². The number of aromatic nitrogens is 4. The molecule has 0 saturated carbocycles. The van der Waals surface area contributed by atoms with Crippen molar-refractivity contribution in [2.45, 2.75) is 6.92 Å². The predicted octanol–water partition coefficient (Wildman–Crippen LogP) is 2.67. The van der Waals surface area contributed by atoms with Gasteiger partial charge in [-0.1, -0.05) is 11.6 Å². The van der Waals surface area contributed by atoms with Crippen LogP contribution in [-0.4, -0.2) is 36.6 Å². The number of aromatic amines is 1. The topological polar surface area (TPSA) is 119 Å². The number of hydrogen-bond acceptors (Lipinski definition) is 7. The molecule has 2 aromatic carbocycles. The normalized spacial score (nSPS) is 11.6. The zero-order chi connectivity index (χ0) is 17.4. The Kier molecular flexibility index (Phi) is 3.42. The van der Waals surface area contributed by atoms with E-state index in [9.17, 15) is 10.2 Å². The molecule has 0 aliphatic rings. The highest BCUT2D eigenvalue weighted by Crippen LogP contribution is 2.23. The first kappa shape index (κ1) is 14.9. The Bertz CT molecular complexity index is 1120. The van der Waals surface area contributed by atoms with Gasteiger partial charge >= 0.3 is 0 Å². The number of aromatic hydroxyl groups is 2. The molecule has 4 aromatic rings. The van der Waals surface area contributed by atoms with Gasteiger partial charge in [0.15, 0.2) is 5.65 Å². The van der Waals surface area contributed by atoms with Crippen LogP contribution in [0.4, 0.5) is 5.95 Å². The number of rotatable bonds is 3. The Morgan fingerprint density at radius 1 is 1.12 bits per heavy atom. The maximum absolute atomic E-state index is 9.71. The van der Waals surface area contributed by atoms with Crippen LogP contribution in [0.5, 0.6) is 11.5 Å². The molecule has 0 saturated heterocycles. The van der Waals surface area contributed by atoms with Gasteiger partial charge in [0.2, 0.25) is 0 Å². The summed E-state index contributed by atoms with van der Waals surface area (Å²) >= 11 is 0. The average Bonchev–Trinajstić information content (AvgIpc) is 2.94. The fraction of sp³-hybridized carbons (Fsp3) is 0.0588. The van der Waals surface area contributed by atoms with Gasteiger partial charge in [0.05, 0.1) is 6.21 Å². The summed E-state index contributed by atoms with van der Waals surface area (Å²) in [5, 5.41) is 32.1. The first-order chi connectivity index (χ1) is 12.1. The molecule has 25 heavy (non-hydrogen) atoms. The average molecular weight is 334 g/mol. The summed E-state index contributed by atoms with van der Waals surface area (Å²) in [5.74, 6) is 0.131. The molecule has 0 radical (unpaired) electrons. The van der Waals surface area contributed by atoms with Gasteiger partial charge in [-0.15, -0.1) is 10.2 Å². The lowest BCUT2D eigenvalue weighted by Gasteiger charge is -2.00. The van der Waals surface area contributed by atoms with Crippen LogP contribution in [0.2, 0.25) is 0 Å². The second-order valence-corrected chi connectivity index (χ2v) is 5.62. The number of anilines is 1. The van der Waals surface area contributed by atoms with Gasteiger partial charge < -0.3 is 15.2 Å². The SMILES string of the molecule is Cc1ccc2[nH]c3nc(N/N=C\c4ccc(O)cc4O)nnc3c2c1. The zero-order valence-corrected chi connectivity index (χ0v) is 13.2. The van der Waals surface area contributed by atoms with Crippen LogP contribution in [0.15, 0.2) is 41.5 Å². The first-order valence-corrected chi connectivity index (χ1v) is 7.54. The van der Waals surface area contributed by atoms with E-state index >= 15 is 0 Å². The van der Waals surface area contributed by atoms with Crippen LogP contribution in [0.1, 0.15) is 11.1 Å². The summed E-state index contributed by atoms with van der Waals surface area (Å²) < 4.78 is 0. The van der Waals surface area contributed by atoms with Crippen LogP contribution in [0.25, 0.3) is 22.1 Å². The molecule has 4 N–H and O–H groups in total. The van der Waals surface area contributed by atoms with E-state index in [1.165, 1.54) is 24.4 Å². The Hall–Kier alpha value is -3.68. The number of nitrogens with zero attached hydrogens (tertiary/aromatic N) is 4. The van der Waals surface area contributed by atoms with E-state index in [1.807, 2.05) is 25.1 Å². The third kappa shape index (κ3) is 2.80. The second kappa shape index (κ2) is 5.75. The summed E-state index contributed by atoms with van der Waals surface area (Å²) in [6.07, 6.45) is 1.40. The van der Waals surface area contributed by atoms with Gasteiger partial charge in [0.1, 0.15) is 17.0 Å². The van der Waals surface area contributed by atoms with Crippen molar-refractivity contribution in [1.29, 1.82) is 0 Å². The van der Waals surface area contributed by atoms with Crippen LogP contribution in [-0.2, 0) is 0 Å². The molecule has 0 unspecified atom stereocenters. The number of hydrogen-bond donors (Lipinski definition) is 4. The standard InChI is InChI=1S/C17H14N6O2/c1-9-2-5-13-12(6-9)15-16(19-13)20-17(23-21-15)22-18-8-10-3-4-11(24)7-14(10)25/h2-8,24-25H,1H3,(H2,19,20,22,23)/b18-8-. The Morgan fingerprint density at radius 2 is 2.00 bits per heavy atom. The minimum absolute atomic E-state index is 0.0189. The fourth-order valence-corrected chi connectivity index (χ4v) is 2.53. The molecule has 0 aliphatic heterocycles. The lowest BCUT2D eigenvalue weighted by atomic mass is 10.2. The van der Waals surface area contributed by atoms with Crippen molar-refractivity contribution < 1.29 is 10.2 Å². The monoisotopic (exact) mass is 334 g/mol. The minimum Gasteiger partial charge on any atom is -0.508 e. The summed E-state index contributed by atoms with van der Waals surface area (Å²) in [7, 11) is 0. The van der Waals surface area contributed by atoms with Crippen molar-refractivity contribution in [2.75, 3.05) is 5.43 Å². The van der Waals surface area contributed by atoms with E-state index in [0.29, 0.717) is 16.7 Å². The molecule has 0 atom stereocenters. The number of benzene rings is 2. The third-order valence-corrected chi connectivity index (χ3v) is 3.75. The summed E-state index contributed by atoms with van der Waals surface area (Å²) in [6, 6.07) is 10.3. The molecule has 8 nitrogen and oxygen atoms in total. The molecule has 0 fully saturated rings.